The summed E-state index contributed by atoms with van der Waals surface area (Å²) in [6, 6.07) is 0. The van der Waals surface area contributed by atoms with Gasteiger partial charge >= 0.3 is 0 Å². The van der Waals surface area contributed by atoms with Crippen LogP contribution in [0.3, 0.4) is 0 Å². The Morgan fingerprint density at radius 3 is 3.00 bits per heavy atom. The maximum absolute atomic E-state index is 2.55. The first-order chi connectivity index (χ1) is 6.45. The molecule has 0 aromatic rings. The molecule has 0 spiro atoms. The quantitative estimate of drug-likeness (QED) is 0.628. The minimum atomic E-state index is 0.900. The molecule has 1 saturated carbocycles. The molecule has 0 aromatic heterocycles. The molecule has 2 heterocycles. The second-order valence-electron chi connectivity index (χ2n) is 4.12. The predicted molar refractivity (Wildman–Crippen MR) is 57.0 cm³/mol. The lowest BCUT2D eigenvalue weighted by molar-refractivity contribution is 0.284. The lowest BCUT2D eigenvalue weighted by Crippen LogP contribution is -2.28. The van der Waals surface area contributed by atoms with E-state index in [2.05, 4.69) is 16.4 Å². The van der Waals surface area contributed by atoms with E-state index < -0.39 is 0 Å². The molecule has 0 amide bonds. The third kappa shape index (κ3) is 1.23. The zero-order chi connectivity index (χ0) is 8.67. The van der Waals surface area contributed by atoms with Crippen molar-refractivity contribution in [3.05, 3.63) is 22.2 Å². The molecule has 2 aliphatic heterocycles. The van der Waals surface area contributed by atoms with Gasteiger partial charge in [0.05, 0.1) is 5.03 Å². The lowest BCUT2D eigenvalue weighted by atomic mass is 9.82. The van der Waals surface area contributed by atoms with E-state index in [1.54, 1.807) is 5.70 Å². The molecule has 70 valence electrons. The van der Waals surface area contributed by atoms with E-state index in [-0.39, 0.29) is 0 Å². The largest absolute Gasteiger partial charge is 0.339 e. The van der Waals surface area contributed by atoms with Crippen molar-refractivity contribution in [1.29, 1.82) is 0 Å². The SMILES string of the molecule is C1=C2SC=C(C3CCC3)N2CCC1. The van der Waals surface area contributed by atoms with Crippen molar-refractivity contribution >= 4 is 11.8 Å². The Balaban J connectivity index is 1.82. The van der Waals surface area contributed by atoms with Crippen LogP contribution in [-0.2, 0) is 0 Å². The van der Waals surface area contributed by atoms with E-state index in [4.69, 9.17) is 0 Å². The Bertz CT molecular complexity index is 276. The molecule has 0 aromatic carbocycles. The summed E-state index contributed by atoms with van der Waals surface area (Å²) in [5, 5.41) is 3.90. The summed E-state index contributed by atoms with van der Waals surface area (Å²) in [6.07, 6.45) is 9.32. The van der Waals surface area contributed by atoms with Gasteiger partial charge in [-0.25, -0.2) is 0 Å². The van der Waals surface area contributed by atoms with Crippen molar-refractivity contribution in [3.8, 4) is 0 Å². The van der Waals surface area contributed by atoms with Gasteiger partial charge in [-0.3, -0.25) is 0 Å². The Morgan fingerprint density at radius 1 is 1.31 bits per heavy atom. The van der Waals surface area contributed by atoms with Crippen LogP contribution in [0.15, 0.2) is 22.2 Å². The van der Waals surface area contributed by atoms with E-state index in [1.807, 2.05) is 11.8 Å². The molecule has 0 atom stereocenters. The van der Waals surface area contributed by atoms with E-state index in [9.17, 15) is 0 Å². The fourth-order valence-electron chi connectivity index (χ4n) is 2.27. The molecule has 0 radical (unpaired) electrons. The number of hydrogen-bond acceptors (Lipinski definition) is 2. The summed E-state index contributed by atoms with van der Waals surface area (Å²) in [5.41, 5.74) is 1.63. The number of nitrogens with zero attached hydrogens (tertiary/aromatic N) is 1. The average Bonchev–Trinajstić information content (AvgIpc) is 2.47. The first-order valence-electron chi connectivity index (χ1n) is 5.29. The van der Waals surface area contributed by atoms with Gasteiger partial charge in [0.25, 0.3) is 0 Å². The molecular formula is C11H15NS. The molecule has 1 nitrogen and oxygen atoms in total. The molecule has 0 bridgehead atoms. The molecule has 1 aliphatic carbocycles. The van der Waals surface area contributed by atoms with Gasteiger partial charge in [-0.1, -0.05) is 24.3 Å². The number of fused-ring (bicyclic) bond motifs is 1. The third-order valence-corrected chi connectivity index (χ3v) is 4.29. The summed E-state index contributed by atoms with van der Waals surface area (Å²) in [6.45, 7) is 1.27. The van der Waals surface area contributed by atoms with Gasteiger partial charge in [-0.2, -0.15) is 0 Å². The Morgan fingerprint density at radius 2 is 2.23 bits per heavy atom. The second-order valence-corrected chi connectivity index (χ2v) is 5.01. The van der Waals surface area contributed by atoms with Crippen molar-refractivity contribution < 1.29 is 0 Å². The Hall–Kier alpha value is -0.370. The normalized spacial score (nSPS) is 27.8. The Labute approximate surface area is 83.9 Å². The van der Waals surface area contributed by atoms with Crippen molar-refractivity contribution in [3.63, 3.8) is 0 Å². The second kappa shape index (κ2) is 3.09. The number of allylic oxidation sites excluding steroid dienone is 2. The van der Waals surface area contributed by atoms with Crippen LogP contribution in [0, 0.1) is 5.92 Å². The molecule has 0 N–H and O–H groups in total. The lowest BCUT2D eigenvalue weighted by Gasteiger charge is -2.35. The van der Waals surface area contributed by atoms with Gasteiger partial charge in [-0.05, 0) is 37.0 Å². The highest BCUT2D eigenvalue weighted by Crippen LogP contribution is 2.45. The Kier molecular flexibility index (Phi) is 1.90. The molecule has 0 saturated heterocycles. The number of thioether (sulfide) groups is 1. The minimum Gasteiger partial charge on any atom is -0.339 e. The maximum atomic E-state index is 2.55. The summed E-state index contributed by atoms with van der Waals surface area (Å²) in [7, 11) is 0. The van der Waals surface area contributed by atoms with Crippen molar-refractivity contribution in [2.24, 2.45) is 5.92 Å². The highest BCUT2D eigenvalue weighted by atomic mass is 32.2. The van der Waals surface area contributed by atoms with Gasteiger partial charge in [0.1, 0.15) is 0 Å². The number of hydrogen-bond donors (Lipinski definition) is 0. The first-order valence-corrected chi connectivity index (χ1v) is 6.17. The van der Waals surface area contributed by atoms with Gasteiger partial charge in [-0.15, -0.1) is 0 Å². The minimum absolute atomic E-state index is 0.900. The van der Waals surface area contributed by atoms with Crippen LogP contribution in [0.2, 0.25) is 0 Å². The van der Waals surface area contributed by atoms with Crippen LogP contribution in [-0.4, -0.2) is 11.4 Å². The molecule has 0 unspecified atom stereocenters. The molecule has 13 heavy (non-hydrogen) atoms. The van der Waals surface area contributed by atoms with Crippen LogP contribution in [0.4, 0.5) is 0 Å². The van der Waals surface area contributed by atoms with Crippen LogP contribution in [0.25, 0.3) is 0 Å². The monoisotopic (exact) mass is 193 g/mol. The van der Waals surface area contributed by atoms with E-state index in [0.717, 1.165) is 5.92 Å². The maximum Gasteiger partial charge on any atom is 0.0752 e. The smallest absolute Gasteiger partial charge is 0.0752 e. The van der Waals surface area contributed by atoms with E-state index in [0.29, 0.717) is 0 Å². The zero-order valence-electron chi connectivity index (χ0n) is 7.83. The summed E-state index contributed by atoms with van der Waals surface area (Å²) < 4.78 is 0. The van der Waals surface area contributed by atoms with Crippen LogP contribution in [0.1, 0.15) is 32.1 Å². The van der Waals surface area contributed by atoms with Crippen molar-refractivity contribution in [2.45, 2.75) is 32.1 Å². The summed E-state index contributed by atoms with van der Waals surface area (Å²) in [5.74, 6) is 0.900. The van der Waals surface area contributed by atoms with Crippen LogP contribution >= 0.6 is 11.8 Å². The molecule has 3 aliphatic rings. The van der Waals surface area contributed by atoms with Gasteiger partial charge < -0.3 is 4.90 Å². The molecular weight excluding hydrogens is 178 g/mol. The average molecular weight is 193 g/mol. The van der Waals surface area contributed by atoms with Crippen molar-refractivity contribution in [2.75, 3.05) is 6.54 Å². The highest BCUT2D eigenvalue weighted by molar-refractivity contribution is 8.06. The van der Waals surface area contributed by atoms with E-state index >= 15 is 0 Å². The summed E-state index contributed by atoms with van der Waals surface area (Å²) >= 11 is 1.94. The van der Waals surface area contributed by atoms with Crippen molar-refractivity contribution in [1.82, 2.24) is 4.90 Å². The van der Waals surface area contributed by atoms with Crippen LogP contribution < -0.4 is 0 Å². The van der Waals surface area contributed by atoms with E-state index in [1.165, 1.54) is 43.7 Å². The molecule has 1 fully saturated rings. The summed E-state index contributed by atoms with van der Waals surface area (Å²) in [4.78, 5) is 2.55. The molecule has 2 heteroatoms. The molecule has 3 rings (SSSR count). The zero-order valence-corrected chi connectivity index (χ0v) is 8.65. The van der Waals surface area contributed by atoms with Gasteiger partial charge in [0.2, 0.25) is 0 Å². The fraction of sp³-hybridized carbons (Fsp3) is 0.636. The fourth-order valence-corrected chi connectivity index (χ4v) is 3.37. The van der Waals surface area contributed by atoms with Gasteiger partial charge in [0.15, 0.2) is 0 Å². The third-order valence-electron chi connectivity index (χ3n) is 3.31. The standard InChI is InChI=1S/C11H15NS/c1-2-7-12-10(9-4-3-5-9)8-13-11(12)6-1/h6,8-9H,1-5,7H2. The highest BCUT2D eigenvalue weighted by Gasteiger charge is 2.31. The predicted octanol–water partition coefficient (Wildman–Crippen LogP) is 3.31. The first kappa shape index (κ1) is 7.98. The van der Waals surface area contributed by atoms with Gasteiger partial charge in [0, 0.05) is 12.2 Å². The van der Waals surface area contributed by atoms with Crippen LogP contribution in [0.5, 0.6) is 0 Å². The number of rotatable bonds is 1. The topological polar surface area (TPSA) is 3.24 Å².